The third-order valence-electron chi connectivity index (χ3n) is 1.64. The van der Waals surface area contributed by atoms with Crippen molar-refractivity contribution in [1.29, 1.82) is 0 Å². The average molecular weight is 264 g/mol. The fourth-order valence-corrected chi connectivity index (χ4v) is 1.24. The molecule has 17 heavy (non-hydrogen) atoms. The largest absolute Gasteiger partial charge is 0.573 e. The molecule has 1 rings (SSSR count). The van der Waals surface area contributed by atoms with Crippen molar-refractivity contribution in [3.05, 3.63) is 29.8 Å². The van der Waals surface area contributed by atoms with E-state index in [-0.39, 0.29) is 5.56 Å². The van der Waals surface area contributed by atoms with Crippen molar-refractivity contribution in [2.24, 2.45) is 0 Å². The smallest absolute Gasteiger partial charge is 0.478 e. The number of thiol groups is 1. The number of benzene rings is 1. The molecule has 0 amide bonds. The Balaban J connectivity index is 2.98. The highest BCUT2D eigenvalue weighted by Gasteiger charge is 2.31. The zero-order valence-electron chi connectivity index (χ0n) is 8.23. The summed E-state index contributed by atoms with van der Waals surface area (Å²) >= 11 is 3.98. The number of hydrogen-bond acceptors (Lipinski definition) is 3. The van der Waals surface area contributed by atoms with Gasteiger partial charge >= 0.3 is 12.3 Å². The van der Waals surface area contributed by atoms with Gasteiger partial charge in [0.05, 0.1) is 0 Å². The zero-order valence-corrected chi connectivity index (χ0v) is 9.13. The van der Waals surface area contributed by atoms with E-state index in [0.717, 1.165) is 24.3 Å². The van der Waals surface area contributed by atoms with Crippen LogP contribution in [0.1, 0.15) is 5.56 Å². The normalized spacial score (nSPS) is 11.8. The second-order valence-electron chi connectivity index (χ2n) is 2.94. The lowest BCUT2D eigenvalue weighted by atomic mass is 10.2. The first-order chi connectivity index (χ1) is 7.78. The molecule has 0 saturated carbocycles. The highest BCUT2D eigenvalue weighted by molar-refractivity contribution is 7.80. The lowest BCUT2D eigenvalue weighted by Gasteiger charge is -2.10. The van der Waals surface area contributed by atoms with Crippen LogP contribution in [-0.4, -0.2) is 17.4 Å². The van der Waals surface area contributed by atoms with Crippen LogP contribution >= 0.6 is 12.6 Å². The summed E-state index contributed by atoms with van der Waals surface area (Å²) in [6.45, 7) is 0. The van der Waals surface area contributed by atoms with E-state index in [1.54, 1.807) is 0 Å². The highest BCUT2D eigenvalue weighted by atomic mass is 32.1. The van der Waals surface area contributed by atoms with Crippen LogP contribution in [0.5, 0.6) is 5.75 Å². The van der Waals surface area contributed by atoms with Gasteiger partial charge in [0.2, 0.25) is 0 Å². The first-order valence-corrected chi connectivity index (χ1v) is 4.72. The number of aliphatic carboxylic acids is 1. The van der Waals surface area contributed by atoms with Gasteiger partial charge in [-0.25, -0.2) is 4.79 Å². The molecule has 0 aliphatic carbocycles. The quantitative estimate of drug-likeness (QED) is 0.651. The average Bonchev–Trinajstić information content (AvgIpc) is 2.16. The number of rotatable bonds is 3. The maximum absolute atomic E-state index is 11.9. The number of carbonyl (C=O) groups is 1. The Morgan fingerprint density at radius 2 is 2.06 bits per heavy atom. The van der Waals surface area contributed by atoms with Crippen LogP contribution in [0.15, 0.2) is 29.2 Å². The number of hydrogen-bond donors (Lipinski definition) is 2. The van der Waals surface area contributed by atoms with Gasteiger partial charge in [0.1, 0.15) is 5.75 Å². The maximum Gasteiger partial charge on any atom is 0.573 e. The summed E-state index contributed by atoms with van der Waals surface area (Å²) in [5.41, 5.74) is 0.220. The topological polar surface area (TPSA) is 46.5 Å². The molecule has 0 saturated heterocycles. The van der Waals surface area contributed by atoms with E-state index >= 15 is 0 Å². The second kappa shape index (κ2) is 5.13. The molecule has 0 aromatic heterocycles. The number of carboxylic acid groups (broad SMARTS) is 1. The van der Waals surface area contributed by atoms with Gasteiger partial charge in [-0.2, -0.15) is 0 Å². The van der Waals surface area contributed by atoms with E-state index in [9.17, 15) is 18.0 Å². The van der Waals surface area contributed by atoms with Crippen molar-refractivity contribution < 1.29 is 27.8 Å². The van der Waals surface area contributed by atoms with Crippen LogP contribution < -0.4 is 4.74 Å². The molecule has 0 heterocycles. The number of carboxylic acids is 1. The van der Waals surface area contributed by atoms with Crippen molar-refractivity contribution in [2.45, 2.75) is 11.3 Å². The van der Waals surface area contributed by atoms with E-state index in [1.807, 2.05) is 0 Å². The molecule has 0 spiro atoms. The lowest BCUT2D eigenvalue weighted by molar-refractivity contribution is -0.274. The minimum absolute atomic E-state index is 0.220. The van der Waals surface area contributed by atoms with Crippen molar-refractivity contribution in [1.82, 2.24) is 0 Å². The number of halogens is 3. The minimum Gasteiger partial charge on any atom is -0.478 e. The van der Waals surface area contributed by atoms with Gasteiger partial charge in [-0.05, 0) is 29.8 Å². The van der Waals surface area contributed by atoms with Crippen molar-refractivity contribution in [2.75, 3.05) is 0 Å². The summed E-state index contributed by atoms with van der Waals surface area (Å²) in [7, 11) is 0. The van der Waals surface area contributed by atoms with E-state index in [0.29, 0.717) is 4.90 Å². The fourth-order valence-electron chi connectivity index (χ4n) is 1.02. The standard InChI is InChI=1S/C10H7F3O3S/c11-10(12,13)16-7-2-3-8(17)6(5-7)1-4-9(14)15/h1-5,17H,(H,14,15)/b4-1+. The van der Waals surface area contributed by atoms with Gasteiger partial charge in [-0.1, -0.05) is 0 Å². The van der Waals surface area contributed by atoms with Crippen molar-refractivity contribution in [3.8, 4) is 5.75 Å². The molecule has 0 atom stereocenters. The molecule has 92 valence electrons. The SMILES string of the molecule is O=C(O)/C=C/c1cc(OC(F)(F)F)ccc1S. The molecule has 3 nitrogen and oxygen atoms in total. The number of ether oxygens (including phenoxy) is 1. The van der Waals surface area contributed by atoms with Crippen LogP contribution in [-0.2, 0) is 4.79 Å². The predicted octanol–water partition coefficient (Wildman–Crippen LogP) is 2.97. The summed E-state index contributed by atoms with van der Waals surface area (Å²) in [5.74, 6) is -1.64. The number of alkyl halides is 3. The Kier molecular flexibility index (Phi) is 4.06. The minimum atomic E-state index is -4.79. The summed E-state index contributed by atoms with van der Waals surface area (Å²) in [5, 5.41) is 8.40. The summed E-state index contributed by atoms with van der Waals surface area (Å²) in [6, 6.07) is 3.43. The Hall–Kier alpha value is -1.63. The molecule has 1 aromatic carbocycles. The van der Waals surface area contributed by atoms with Gasteiger partial charge < -0.3 is 9.84 Å². The Bertz CT molecular complexity index is 455. The van der Waals surface area contributed by atoms with Gasteiger partial charge in [0, 0.05) is 11.0 Å². The van der Waals surface area contributed by atoms with Crippen LogP contribution in [0.3, 0.4) is 0 Å². The fraction of sp³-hybridized carbons (Fsp3) is 0.100. The van der Waals surface area contributed by atoms with E-state index < -0.39 is 18.1 Å². The van der Waals surface area contributed by atoms with Crippen LogP contribution in [0.2, 0.25) is 0 Å². The molecule has 1 N–H and O–H groups in total. The summed E-state index contributed by atoms with van der Waals surface area (Å²) in [4.78, 5) is 10.6. The van der Waals surface area contributed by atoms with Gasteiger partial charge in [0.25, 0.3) is 0 Å². The third kappa shape index (κ3) is 4.81. The van der Waals surface area contributed by atoms with Crippen LogP contribution in [0, 0.1) is 0 Å². The predicted molar refractivity (Wildman–Crippen MR) is 57.0 cm³/mol. The summed E-state index contributed by atoms with van der Waals surface area (Å²) in [6.07, 6.45) is -2.85. The first kappa shape index (κ1) is 13.4. The maximum atomic E-state index is 11.9. The van der Waals surface area contributed by atoms with E-state index in [4.69, 9.17) is 5.11 Å². The Morgan fingerprint density at radius 1 is 1.41 bits per heavy atom. The molecule has 0 radical (unpaired) electrons. The van der Waals surface area contributed by atoms with Gasteiger partial charge in [-0.15, -0.1) is 25.8 Å². The highest BCUT2D eigenvalue weighted by Crippen LogP contribution is 2.27. The molecule has 0 fully saturated rings. The molecular weight excluding hydrogens is 257 g/mol. The van der Waals surface area contributed by atoms with Crippen LogP contribution in [0.4, 0.5) is 13.2 Å². The molecule has 7 heteroatoms. The monoisotopic (exact) mass is 264 g/mol. The van der Waals surface area contributed by atoms with E-state index in [1.165, 1.54) is 6.07 Å². The molecule has 0 aliphatic heterocycles. The van der Waals surface area contributed by atoms with Crippen LogP contribution in [0.25, 0.3) is 6.08 Å². The molecule has 0 aliphatic rings. The van der Waals surface area contributed by atoms with Gasteiger partial charge in [0.15, 0.2) is 0 Å². The van der Waals surface area contributed by atoms with Gasteiger partial charge in [-0.3, -0.25) is 0 Å². The van der Waals surface area contributed by atoms with E-state index in [2.05, 4.69) is 17.4 Å². The molecular formula is C10H7F3O3S. The molecule has 0 unspecified atom stereocenters. The zero-order chi connectivity index (χ0) is 13.1. The third-order valence-corrected chi connectivity index (χ3v) is 2.05. The molecule has 0 bridgehead atoms. The Morgan fingerprint density at radius 3 is 2.59 bits per heavy atom. The molecule has 1 aromatic rings. The lowest BCUT2D eigenvalue weighted by Crippen LogP contribution is -2.17. The van der Waals surface area contributed by atoms with Crippen molar-refractivity contribution >= 4 is 24.7 Å². The van der Waals surface area contributed by atoms with Crippen molar-refractivity contribution in [3.63, 3.8) is 0 Å². The second-order valence-corrected chi connectivity index (χ2v) is 3.42. The Labute approximate surface area is 99.9 Å². The first-order valence-electron chi connectivity index (χ1n) is 4.28. The summed E-state index contributed by atoms with van der Waals surface area (Å²) < 4.78 is 39.5.